The van der Waals surface area contributed by atoms with E-state index in [0.717, 1.165) is 0 Å². The van der Waals surface area contributed by atoms with Crippen LogP contribution < -0.4 is 16.4 Å². The van der Waals surface area contributed by atoms with Gasteiger partial charge in [-0.05, 0) is 31.2 Å². The highest BCUT2D eigenvalue weighted by molar-refractivity contribution is 5.96. The molecule has 1 aromatic rings. The number of rotatable bonds is 6. The summed E-state index contributed by atoms with van der Waals surface area (Å²) in [6, 6.07) is 6.60. The van der Waals surface area contributed by atoms with Crippen LogP contribution in [0.25, 0.3) is 0 Å². The SMILES string of the molecule is CCNC(=O)c1ccc(NC(=O)C(CN)OC)cc1.Cl. The summed E-state index contributed by atoms with van der Waals surface area (Å²) in [5, 5.41) is 5.36. The molecular formula is C13H20ClN3O3. The Morgan fingerprint density at radius 3 is 2.35 bits per heavy atom. The molecule has 2 amide bonds. The summed E-state index contributed by atoms with van der Waals surface area (Å²) in [4.78, 5) is 23.2. The van der Waals surface area contributed by atoms with E-state index in [1.54, 1.807) is 24.3 Å². The van der Waals surface area contributed by atoms with Gasteiger partial charge in [0.25, 0.3) is 11.8 Å². The van der Waals surface area contributed by atoms with Crippen LogP contribution in [0.2, 0.25) is 0 Å². The Morgan fingerprint density at radius 2 is 1.90 bits per heavy atom. The van der Waals surface area contributed by atoms with E-state index >= 15 is 0 Å². The second-order valence-corrected chi connectivity index (χ2v) is 3.89. The van der Waals surface area contributed by atoms with Crippen molar-refractivity contribution in [2.75, 3.05) is 25.5 Å². The van der Waals surface area contributed by atoms with Crippen LogP contribution in [0.4, 0.5) is 5.69 Å². The third-order valence-electron chi connectivity index (χ3n) is 2.54. The molecule has 0 fully saturated rings. The topological polar surface area (TPSA) is 93.5 Å². The number of carbonyl (C=O) groups is 2. The molecule has 1 rings (SSSR count). The van der Waals surface area contributed by atoms with Crippen molar-refractivity contribution in [3.63, 3.8) is 0 Å². The number of nitrogens with one attached hydrogen (secondary N) is 2. The third kappa shape index (κ3) is 5.16. The number of carbonyl (C=O) groups excluding carboxylic acids is 2. The van der Waals surface area contributed by atoms with Crippen molar-refractivity contribution in [2.45, 2.75) is 13.0 Å². The zero-order chi connectivity index (χ0) is 14.3. The van der Waals surface area contributed by atoms with Crippen molar-refractivity contribution in [1.82, 2.24) is 5.32 Å². The molecule has 7 heteroatoms. The van der Waals surface area contributed by atoms with Gasteiger partial charge in [0.2, 0.25) is 0 Å². The van der Waals surface area contributed by atoms with Crippen molar-refractivity contribution >= 4 is 29.9 Å². The zero-order valence-electron chi connectivity index (χ0n) is 11.5. The lowest BCUT2D eigenvalue weighted by Crippen LogP contribution is -2.35. The number of hydrogen-bond acceptors (Lipinski definition) is 4. The smallest absolute Gasteiger partial charge is 0.254 e. The molecular weight excluding hydrogens is 282 g/mol. The Balaban J connectivity index is 0.00000361. The fraction of sp³-hybridized carbons (Fsp3) is 0.385. The van der Waals surface area contributed by atoms with Gasteiger partial charge in [-0.3, -0.25) is 9.59 Å². The molecule has 4 N–H and O–H groups in total. The molecule has 1 unspecified atom stereocenters. The maximum atomic E-state index is 11.7. The number of halogens is 1. The van der Waals surface area contributed by atoms with Crippen LogP contribution in [0, 0.1) is 0 Å². The average Bonchev–Trinajstić information content (AvgIpc) is 2.41. The summed E-state index contributed by atoms with van der Waals surface area (Å²) < 4.78 is 4.93. The summed E-state index contributed by atoms with van der Waals surface area (Å²) in [5.41, 5.74) is 6.53. The Kier molecular flexibility index (Phi) is 8.54. The Hall–Kier alpha value is -1.63. The highest BCUT2D eigenvalue weighted by Gasteiger charge is 2.15. The van der Waals surface area contributed by atoms with Crippen molar-refractivity contribution in [2.24, 2.45) is 5.73 Å². The zero-order valence-corrected chi connectivity index (χ0v) is 12.3. The largest absolute Gasteiger partial charge is 0.370 e. The molecule has 0 spiro atoms. The Bertz CT molecular complexity index is 433. The number of amides is 2. The van der Waals surface area contributed by atoms with E-state index in [9.17, 15) is 9.59 Å². The van der Waals surface area contributed by atoms with Crippen LogP contribution in [0.1, 0.15) is 17.3 Å². The summed E-state index contributed by atoms with van der Waals surface area (Å²) in [7, 11) is 1.43. The van der Waals surface area contributed by atoms with E-state index in [1.165, 1.54) is 7.11 Å². The van der Waals surface area contributed by atoms with Crippen molar-refractivity contribution in [3.05, 3.63) is 29.8 Å². The molecule has 0 aliphatic heterocycles. The number of hydrogen-bond donors (Lipinski definition) is 3. The summed E-state index contributed by atoms with van der Waals surface area (Å²) >= 11 is 0. The first kappa shape index (κ1) is 18.4. The van der Waals surface area contributed by atoms with E-state index in [-0.39, 0.29) is 30.8 Å². The molecule has 20 heavy (non-hydrogen) atoms. The lowest BCUT2D eigenvalue weighted by atomic mass is 10.2. The van der Waals surface area contributed by atoms with Gasteiger partial charge < -0.3 is 21.1 Å². The Morgan fingerprint density at radius 1 is 1.30 bits per heavy atom. The minimum Gasteiger partial charge on any atom is -0.370 e. The number of nitrogens with two attached hydrogens (primary N) is 1. The van der Waals surface area contributed by atoms with Crippen molar-refractivity contribution in [3.8, 4) is 0 Å². The van der Waals surface area contributed by atoms with Crippen molar-refractivity contribution < 1.29 is 14.3 Å². The van der Waals surface area contributed by atoms with Gasteiger partial charge in [0.05, 0.1) is 0 Å². The molecule has 0 bridgehead atoms. The second kappa shape index (κ2) is 9.30. The lowest BCUT2D eigenvalue weighted by molar-refractivity contribution is -0.125. The van der Waals surface area contributed by atoms with Gasteiger partial charge >= 0.3 is 0 Å². The molecule has 1 aromatic carbocycles. The molecule has 0 radical (unpaired) electrons. The van der Waals surface area contributed by atoms with Gasteiger partial charge in [0, 0.05) is 31.5 Å². The summed E-state index contributed by atoms with van der Waals surface area (Å²) in [6.45, 7) is 2.53. The Labute approximate surface area is 124 Å². The highest BCUT2D eigenvalue weighted by atomic mass is 35.5. The van der Waals surface area contributed by atoms with Gasteiger partial charge in [-0.15, -0.1) is 12.4 Å². The standard InChI is InChI=1S/C13H19N3O3.ClH/c1-3-15-12(17)9-4-6-10(7-5-9)16-13(18)11(8-14)19-2;/h4-7,11H,3,8,14H2,1-2H3,(H,15,17)(H,16,18);1H. The fourth-order valence-corrected chi connectivity index (χ4v) is 1.50. The molecule has 0 aromatic heterocycles. The molecule has 1 atom stereocenters. The van der Waals surface area contributed by atoms with Gasteiger partial charge in [-0.2, -0.15) is 0 Å². The van der Waals surface area contributed by atoms with Crippen LogP contribution in [0.3, 0.4) is 0 Å². The lowest BCUT2D eigenvalue weighted by Gasteiger charge is -2.13. The van der Waals surface area contributed by atoms with Crippen LogP contribution in [-0.4, -0.2) is 38.1 Å². The predicted octanol–water partition coefficient (Wildman–Crippen LogP) is 0.770. The van der Waals surface area contributed by atoms with Crippen LogP contribution in [0.5, 0.6) is 0 Å². The monoisotopic (exact) mass is 301 g/mol. The minimum absolute atomic E-state index is 0. The number of methoxy groups -OCH3 is 1. The first-order chi connectivity index (χ1) is 9.12. The first-order valence-corrected chi connectivity index (χ1v) is 6.04. The minimum atomic E-state index is -0.678. The van der Waals surface area contributed by atoms with Crippen LogP contribution in [0.15, 0.2) is 24.3 Å². The van der Waals surface area contributed by atoms with Gasteiger partial charge in [-0.25, -0.2) is 0 Å². The fourth-order valence-electron chi connectivity index (χ4n) is 1.50. The summed E-state index contributed by atoms with van der Waals surface area (Å²) in [5.74, 6) is -0.451. The van der Waals surface area contributed by atoms with E-state index in [0.29, 0.717) is 17.8 Å². The quantitative estimate of drug-likeness (QED) is 0.723. The van der Waals surface area contributed by atoms with E-state index in [4.69, 9.17) is 10.5 Å². The van der Waals surface area contributed by atoms with Gasteiger partial charge in [0.15, 0.2) is 0 Å². The molecule has 0 saturated carbocycles. The number of ether oxygens (including phenoxy) is 1. The van der Waals surface area contributed by atoms with E-state index in [1.807, 2.05) is 6.92 Å². The van der Waals surface area contributed by atoms with Gasteiger partial charge in [-0.1, -0.05) is 0 Å². The van der Waals surface area contributed by atoms with Crippen LogP contribution >= 0.6 is 12.4 Å². The second-order valence-electron chi connectivity index (χ2n) is 3.89. The molecule has 0 aliphatic carbocycles. The molecule has 0 heterocycles. The molecule has 0 saturated heterocycles. The molecule has 6 nitrogen and oxygen atoms in total. The maximum absolute atomic E-state index is 11.7. The van der Waals surface area contributed by atoms with E-state index in [2.05, 4.69) is 10.6 Å². The van der Waals surface area contributed by atoms with Gasteiger partial charge in [0.1, 0.15) is 6.10 Å². The third-order valence-corrected chi connectivity index (χ3v) is 2.54. The maximum Gasteiger partial charge on any atom is 0.254 e. The normalized spacial score (nSPS) is 11.2. The first-order valence-electron chi connectivity index (χ1n) is 6.04. The highest BCUT2D eigenvalue weighted by Crippen LogP contribution is 2.10. The molecule has 0 aliphatic rings. The number of benzene rings is 1. The summed E-state index contributed by atoms with van der Waals surface area (Å²) in [6.07, 6.45) is -0.678. The van der Waals surface area contributed by atoms with Crippen molar-refractivity contribution in [1.29, 1.82) is 0 Å². The number of anilines is 1. The average molecular weight is 302 g/mol. The van der Waals surface area contributed by atoms with E-state index < -0.39 is 6.10 Å². The predicted molar refractivity (Wildman–Crippen MR) is 80.2 cm³/mol. The van der Waals surface area contributed by atoms with Crippen LogP contribution in [-0.2, 0) is 9.53 Å². The molecule has 112 valence electrons.